The topological polar surface area (TPSA) is 48.1 Å². The number of hydrogen-bond acceptors (Lipinski definition) is 4. The van der Waals surface area contributed by atoms with Crippen LogP contribution in [-0.4, -0.2) is 11.6 Å². The van der Waals surface area contributed by atoms with Crippen LogP contribution in [0, 0.1) is 6.92 Å². The maximum Gasteiger partial charge on any atom is 0.122 e. The molecule has 1 aromatic heterocycles. The maximum absolute atomic E-state index is 6.21. The zero-order chi connectivity index (χ0) is 13.2. The molecule has 1 aliphatic rings. The molecule has 3 rings (SSSR count). The minimum atomic E-state index is 0.0932. The van der Waals surface area contributed by atoms with E-state index in [4.69, 9.17) is 10.5 Å². The van der Waals surface area contributed by atoms with E-state index in [-0.39, 0.29) is 6.04 Å². The Bertz CT molecular complexity index is 579. The molecule has 19 heavy (non-hydrogen) atoms. The van der Waals surface area contributed by atoms with E-state index in [0.29, 0.717) is 0 Å². The molecule has 0 amide bonds. The first-order valence-electron chi connectivity index (χ1n) is 6.65. The van der Waals surface area contributed by atoms with Crippen molar-refractivity contribution in [1.29, 1.82) is 0 Å². The molecule has 0 saturated heterocycles. The summed E-state index contributed by atoms with van der Waals surface area (Å²) in [4.78, 5) is 5.44. The van der Waals surface area contributed by atoms with Gasteiger partial charge in [-0.05, 0) is 37.0 Å². The number of aryl methyl sites for hydroxylation is 2. The summed E-state index contributed by atoms with van der Waals surface area (Å²) >= 11 is 1.69. The van der Waals surface area contributed by atoms with Crippen LogP contribution in [0.2, 0.25) is 0 Å². The van der Waals surface area contributed by atoms with Crippen molar-refractivity contribution in [2.24, 2.45) is 5.73 Å². The summed E-state index contributed by atoms with van der Waals surface area (Å²) in [6, 6.07) is 6.58. The van der Waals surface area contributed by atoms with Gasteiger partial charge in [0.15, 0.2) is 0 Å². The third-order valence-electron chi connectivity index (χ3n) is 3.50. The molecule has 0 aliphatic carbocycles. The normalized spacial score (nSPS) is 15.1. The lowest BCUT2D eigenvalue weighted by atomic mass is 10.0. The Morgan fingerprint density at radius 2 is 2.37 bits per heavy atom. The highest BCUT2D eigenvalue weighted by Gasteiger charge is 2.13. The molecule has 0 fully saturated rings. The third-order valence-corrected chi connectivity index (χ3v) is 4.55. The number of nitrogens with zero attached hydrogens (tertiary/aromatic N) is 1. The fourth-order valence-corrected chi connectivity index (χ4v) is 3.23. The first-order chi connectivity index (χ1) is 9.22. The monoisotopic (exact) mass is 274 g/mol. The Hall–Kier alpha value is -1.39. The van der Waals surface area contributed by atoms with Gasteiger partial charge in [0, 0.05) is 23.5 Å². The molecule has 3 nitrogen and oxygen atoms in total. The summed E-state index contributed by atoms with van der Waals surface area (Å²) in [5.41, 5.74) is 8.90. The number of thiazole rings is 1. The molecule has 4 heteroatoms. The number of ether oxygens (including phenoxy) is 1. The number of benzene rings is 1. The smallest absolute Gasteiger partial charge is 0.122 e. The molecule has 2 N–H and O–H groups in total. The van der Waals surface area contributed by atoms with Gasteiger partial charge in [0.05, 0.1) is 11.6 Å². The number of fused-ring (bicyclic) bond motifs is 1. The van der Waals surface area contributed by atoms with Gasteiger partial charge in [-0.3, -0.25) is 0 Å². The number of aromatic nitrogens is 1. The van der Waals surface area contributed by atoms with Gasteiger partial charge >= 0.3 is 0 Å². The second kappa shape index (κ2) is 5.31. The predicted molar refractivity (Wildman–Crippen MR) is 77.7 cm³/mol. The van der Waals surface area contributed by atoms with E-state index in [1.807, 2.05) is 13.1 Å². The van der Waals surface area contributed by atoms with E-state index in [2.05, 4.69) is 23.2 Å². The molecule has 0 radical (unpaired) electrons. The van der Waals surface area contributed by atoms with Gasteiger partial charge in [0.1, 0.15) is 5.75 Å². The standard InChI is InChI=1S/C15H18N2OS/c1-10-17-9-15(19-10)13(16)4-2-11-3-5-14-12(8-11)6-7-18-14/h3,5,8-9,13H,2,4,6-7,16H2,1H3. The number of nitrogens with two attached hydrogens (primary N) is 1. The SMILES string of the molecule is Cc1ncc(C(N)CCc2ccc3c(c2)CCO3)s1. The lowest BCUT2D eigenvalue weighted by Crippen LogP contribution is -2.09. The van der Waals surface area contributed by atoms with Crippen LogP contribution < -0.4 is 10.5 Å². The second-order valence-electron chi connectivity index (χ2n) is 4.97. The molecule has 0 spiro atoms. The van der Waals surface area contributed by atoms with Crippen LogP contribution >= 0.6 is 11.3 Å². The Morgan fingerprint density at radius 3 is 3.16 bits per heavy atom. The van der Waals surface area contributed by atoms with Gasteiger partial charge in [-0.15, -0.1) is 11.3 Å². The van der Waals surface area contributed by atoms with Crippen molar-refractivity contribution in [1.82, 2.24) is 4.98 Å². The molecular weight excluding hydrogens is 256 g/mol. The van der Waals surface area contributed by atoms with Gasteiger partial charge in [0.2, 0.25) is 0 Å². The van der Waals surface area contributed by atoms with Gasteiger partial charge in [-0.2, -0.15) is 0 Å². The van der Waals surface area contributed by atoms with E-state index >= 15 is 0 Å². The Balaban J connectivity index is 1.63. The molecule has 100 valence electrons. The fraction of sp³-hybridized carbons (Fsp3) is 0.400. The molecule has 1 aromatic carbocycles. The van der Waals surface area contributed by atoms with Crippen molar-refractivity contribution >= 4 is 11.3 Å². The summed E-state index contributed by atoms with van der Waals surface area (Å²) < 4.78 is 5.52. The van der Waals surface area contributed by atoms with Crippen molar-refractivity contribution in [3.63, 3.8) is 0 Å². The predicted octanol–water partition coefficient (Wildman–Crippen LogP) is 3.02. The molecule has 1 atom stereocenters. The zero-order valence-electron chi connectivity index (χ0n) is 11.1. The first kappa shape index (κ1) is 12.6. The average Bonchev–Trinajstić information content (AvgIpc) is 3.03. The first-order valence-corrected chi connectivity index (χ1v) is 7.46. The van der Waals surface area contributed by atoms with Gasteiger partial charge in [-0.25, -0.2) is 4.98 Å². The van der Waals surface area contributed by atoms with Crippen molar-refractivity contribution in [2.75, 3.05) is 6.61 Å². The van der Waals surface area contributed by atoms with Crippen molar-refractivity contribution < 1.29 is 4.74 Å². The molecule has 1 unspecified atom stereocenters. The van der Waals surface area contributed by atoms with Gasteiger partial charge in [0.25, 0.3) is 0 Å². The molecular formula is C15H18N2OS. The molecule has 2 heterocycles. The third kappa shape index (κ3) is 2.80. The van der Waals surface area contributed by atoms with E-state index in [9.17, 15) is 0 Å². The van der Waals surface area contributed by atoms with Crippen LogP contribution in [0.25, 0.3) is 0 Å². The minimum Gasteiger partial charge on any atom is -0.493 e. The Morgan fingerprint density at radius 1 is 1.47 bits per heavy atom. The number of rotatable bonds is 4. The summed E-state index contributed by atoms with van der Waals surface area (Å²) in [5.74, 6) is 1.05. The fourth-order valence-electron chi connectivity index (χ4n) is 2.41. The second-order valence-corrected chi connectivity index (χ2v) is 6.23. The maximum atomic E-state index is 6.21. The summed E-state index contributed by atoms with van der Waals surface area (Å²) in [7, 11) is 0. The van der Waals surface area contributed by atoms with Crippen molar-refractivity contribution in [3.8, 4) is 5.75 Å². The summed E-state index contributed by atoms with van der Waals surface area (Å²) in [6.45, 7) is 2.83. The van der Waals surface area contributed by atoms with Gasteiger partial charge in [-0.1, -0.05) is 12.1 Å². The highest BCUT2D eigenvalue weighted by molar-refractivity contribution is 7.11. The van der Waals surface area contributed by atoms with Crippen LogP contribution in [0.3, 0.4) is 0 Å². The van der Waals surface area contributed by atoms with Crippen LogP contribution in [0.5, 0.6) is 5.75 Å². The van der Waals surface area contributed by atoms with E-state index in [0.717, 1.165) is 36.6 Å². The van der Waals surface area contributed by atoms with E-state index in [1.165, 1.54) is 16.0 Å². The lowest BCUT2D eigenvalue weighted by molar-refractivity contribution is 0.357. The molecule has 0 saturated carbocycles. The number of hydrogen-bond donors (Lipinski definition) is 1. The van der Waals surface area contributed by atoms with Crippen molar-refractivity contribution in [2.45, 2.75) is 32.2 Å². The molecule has 2 aromatic rings. The molecule has 0 bridgehead atoms. The average molecular weight is 274 g/mol. The largest absolute Gasteiger partial charge is 0.493 e. The summed E-state index contributed by atoms with van der Waals surface area (Å²) in [6.07, 6.45) is 4.90. The van der Waals surface area contributed by atoms with Crippen LogP contribution in [-0.2, 0) is 12.8 Å². The van der Waals surface area contributed by atoms with Crippen LogP contribution in [0.15, 0.2) is 24.4 Å². The molecule has 1 aliphatic heterocycles. The van der Waals surface area contributed by atoms with E-state index < -0.39 is 0 Å². The van der Waals surface area contributed by atoms with Crippen molar-refractivity contribution in [3.05, 3.63) is 45.4 Å². The van der Waals surface area contributed by atoms with Crippen LogP contribution in [0.4, 0.5) is 0 Å². The summed E-state index contributed by atoms with van der Waals surface area (Å²) in [5, 5.41) is 1.08. The minimum absolute atomic E-state index is 0.0932. The lowest BCUT2D eigenvalue weighted by Gasteiger charge is -2.09. The Labute approximate surface area is 117 Å². The zero-order valence-corrected chi connectivity index (χ0v) is 11.9. The van der Waals surface area contributed by atoms with E-state index in [1.54, 1.807) is 11.3 Å². The Kier molecular flexibility index (Phi) is 3.53. The van der Waals surface area contributed by atoms with Crippen LogP contribution in [0.1, 0.15) is 33.5 Å². The highest BCUT2D eigenvalue weighted by atomic mass is 32.1. The van der Waals surface area contributed by atoms with Gasteiger partial charge < -0.3 is 10.5 Å². The quantitative estimate of drug-likeness (QED) is 0.932. The highest BCUT2D eigenvalue weighted by Crippen LogP contribution is 2.27.